The number of nitrogens with one attached hydrogen (secondary N) is 1. The molecular weight excluding hydrogens is 340 g/mol. The maximum Gasteiger partial charge on any atom is 0.255 e. The first-order valence-corrected chi connectivity index (χ1v) is 7.37. The molecule has 0 saturated carbocycles. The monoisotopic (exact) mass is 352 g/mol. The zero-order valence-electron chi connectivity index (χ0n) is 11.2. The van der Waals surface area contributed by atoms with Gasteiger partial charge in [-0.05, 0) is 36.2 Å². The molecule has 0 fully saturated rings. The van der Waals surface area contributed by atoms with Gasteiger partial charge in [0, 0.05) is 21.4 Å². The van der Waals surface area contributed by atoms with E-state index < -0.39 is 0 Å². The summed E-state index contributed by atoms with van der Waals surface area (Å²) in [7, 11) is 0. The first kappa shape index (κ1) is 15.0. The number of rotatable bonds is 3. The highest BCUT2D eigenvalue weighted by Crippen LogP contribution is 2.20. The van der Waals surface area contributed by atoms with Crippen LogP contribution in [0, 0.1) is 0 Å². The van der Waals surface area contributed by atoms with Gasteiger partial charge in [-0.1, -0.05) is 47.4 Å². The molecule has 1 aromatic carbocycles. The number of hydrogen-bond donors (Lipinski definition) is 1. The highest BCUT2D eigenvalue weighted by Gasteiger charge is 2.11. The van der Waals surface area contributed by atoms with E-state index in [-0.39, 0.29) is 11.8 Å². The van der Waals surface area contributed by atoms with Gasteiger partial charge in [0.15, 0.2) is 0 Å². The number of aromatic nitrogens is 1. The van der Waals surface area contributed by atoms with Crippen molar-refractivity contribution in [2.75, 3.05) is 5.32 Å². The molecule has 2 aromatic rings. The van der Waals surface area contributed by atoms with Crippen molar-refractivity contribution in [1.82, 2.24) is 4.98 Å². The molecule has 0 aliphatic carbocycles. The van der Waals surface area contributed by atoms with Crippen LogP contribution in [0.15, 0.2) is 40.9 Å². The third-order valence-electron chi connectivity index (χ3n) is 2.75. The van der Waals surface area contributed by atoms with Gasteiger partial charge in [0.05, 0.1) is 0 Å². The third-order valence-corrected chi connectivity index (χ3v) is 3.44. The van der Waals surface area contributed by atoms with Crippen molar-refractivity contribution >= 4 is 39.1 Å². The number of halogens is 2. The fourth-order valence-electron chi connectivity index (χ4n) is 1.71. The third kappa shape index (κ3) is 3.81. The minimum Gasteiger partial charge on any atom is -0.322 e. The first-order valence-electron chi connectivity index (χ1n) is 6.20. The molecule has 2 rings (SSSR count). The Balaban J connectivity index is 2.25. The van der Waals surface area contributed by atoms with Gasteiger partial charge >= 0.3 is 0 Å². The van der Waals surface area contributed by atoms with Gasteiger partial charge in [-0.2, -0.15) is 0 Å². The van der Waals surface area contributed by atoms with Crippen molar-refractivity contribution < 1.29 is 4.79 Å². The van der Waals surface area contributed by atoms with Crippen LogP contribution in [0.3, 0.4) is 0 Å². The molecule has 1 amide bonds. The quantitative estimate of drug-likeness (QED) is 0.800. The van der Waals surface area contributed by atoms with Gasteiger partial charge in [0.2, 0.25) is 0 Å². The average molecular weight is 354 g/mol. The van der Waals surface area contributed by atoms with Crippen LogP contribution >= 0.6 is 27.5 Å². The number of hydrogen-bond acceptors (Lipinski definition) is 2. The number of benzene rings is 1. The number of pyridine rings is 1. The highest BCUT2D eigenvalue weighted by atomic mass is 79.9. The Hall–Kier alpha value is -1.39. The van der Waals surface area contributed by atoms with Crippen LogP contribution in [0.4, 0.5) is 5.69 Å². The standard InChI is InChI=1S/C15H14BrClN2O/c1-9(2)13-6-10(7-14(17)19-13)15(20)18-12-5-3-4-11(16)8-12/h3-9H,1-2H3,(H,18,20). The van der Waals surface area contributed by atoms with Gasteiger partial charge < -0.3 is 5.32 Å². The second-order valence-corrected chi connectivity index (χ2v) is 6.03. The molecule has 0 bridgehead atoms. The molecule has 104 valence electrons. The molecule has 1 heterocycles. The van der Waals surface area contributed by atoms with Gasteiger partial charge in [-0.3, -0.25) is 4.79 Å². The zero-order valence-corrected chi connectivity index (χ0v) is 13.5. The van der Waals surface area contributed by atoms with E-state index in [0.29, 0.717) is 10.7 Å². The summed E-state index contributed by atoms with van der Waals surface area (Å²) in [5.41, 5.74) is 2.04. The number of amides is 1. The van der Waals surface area contributed by atoms with Crippen LogP contribution in [-0.4, -0.2) is 10.9 Å². The minimum atomic E-state index is -0.200. The molecule has 0 aliphatic heterocycles. The van der Waals surface area contributed by atoms with Crippen molar-refractivity contribution in [2.24, 2.45) is 0 Å². The van der Waals surface area contributed by atoms with Crippen LogP contribution < -0.4 is 5.32 Å². The summed E-state index contributed by atoms with van der Waals surface area (Å²) < 4.78 is 0.908. The van der Waals surface area contributed by atoms with E-state index >= 15 is 0 Å². The molecule has 20 heavy (non-hydrogen) atoms. The van der Waals surface area contributed by atoms with E-state index in [1.54, 1.807) is 12.1 Å². The maximum atomic E-state index is 12.2. The van der Waals surface area contributed by atoms with Gasteiger partial charge in [-0.15, -0.1) is 0 Å². The number of anilines is 1. The summed E-state index contributed by atoms with van der Waals surface area (Å²) in [5.74, 6) is 0.0143. The lowest BCUT2D eigenvalue weighted by Crippen LogP contribution is -2.13. The largest absolute Gasteiger partial charge is 0.322 e. The average Bonchev–Trinajstić information content (AvgIpc) is 2.37. The summed E-state index contributed by atoms with van der Waals surface area (Å²) in [4.78, 5) is 16.5. The molecule has 0 radical (unpaired) electrons. The molecule has 0 saturated heterocycles. The van der Waals surface area contributed by atoms with Gasteiger partial charge in [0.25, 0.3) is 5.91 Å². The molecule has 0 aliphatic rings. The van der Waals surface area contributed by atoms with Crippen molar-refractivity contribution in [3.05, 3.63) is 57.3 Å². The summed E-state index contributed by atoms with van der Waals surface area (Å²) in [5, 5.41) is 3.17. The van der Waals surface area contributed by atoms with Crippen molar-refractivity contribution in [2.45, 2.75) is 19.8 Å². The Labute approximate surface area is 131 Å². The van der Waals surface area contributed by atoms with Crippen LogP contribution in [0.2, 0.25) is 5.15 Å². The van der Waals surface area contributed by atoms with E-state index in [9.17, 15) is 4.79 Å². The lowest BCUT2D eigenvalue weighted by Gasteiger charge is -2.09. The zero-order chi connectivity index (χ0) is 14.7. The molecule has 3 nitrogen and oxygen atoms in total. The molecule has 5 heteroatoms. The summed E-state index contributed by atoms with van der Waals surface area (Å²) in [6.07, 6.45) is 0. The molecule has 1 aromatic heterocycles. The molecule has 0 unspecified atom stereocenters. The van der Waals surface area contributed by atoms with E-state index in [1.807, 2.05) is 38.1 Å². The highest BCUT2D eigenvalue weighted by molar-refractivity contribution is 9.10. The second kappa shape index (κ2) is 6.37. The summed E-state index contributed by atoms with van der Waals surface area (Å²) in [6.45, 7) is 4.02. The topological polar surface area (TPSA) is 42.0 Å². The van der Waals surface area contributed by atoms with Crippen LogP contribution in [-0.2, 0) is 0 Å². The Morgan fingerprint density at radius 1 is 1.30 bits per heavy atom. The Kier molecular flexibility index (Phi) is 4.78. The smallest absolute Gasteiger partial charge is 0.255 e. The normalized spacial score (nSPS) is 10.7. The van der Waals surface area contributed by atoms with Crippen LogP contribution in [0.1, 0.15) is 35.8 Å². The van der Waals surface area contributed by atoms with Crippen molar-refractivity contribution in [3.8, 4) is 0 Å². The van der Waals surface area contributed by atoms with E-state index in [2.05, 4.69) is 26.2 Å². The van der Waals surface area contributed by atoms with Crippen molar-refractivity contribution in [1.29, 1.82) is 0 Å². The Morgan fingerprint density at radius 3 is 2.70 bits per heavy atom. The summed E-state index contributed by atoms with van der Waals surface area (Å²) in [6, 6.07) is 10.8. The van der Waals surface area contributed by atoms with Gasteiger partial charge in [0.1, 0.15) is 5.15 Å². The number of carbonyl (C=O) groups is 1. The fraction of sp³-hybridized carbons (Fsp3) is 0.200. The minimum absolute atomic E-state index is 0.200. The number of nitrogens with zero attached hydrogens (tertiary/aromatic N) is 1. The predicted octanol–water partition coefficient (Wildman–Crippen LogP) is 4.87. The molecular formula is C15H14BrClN2O. The van der Waals surface area contributed by atoms with E-state index in [0.717, 1.165) is 15.9 Å². The predicted molar refractivity (Wildman–Crippen MR) is 85.4 cm³/mol. The molecule has 0 spiro atoms. The van der Waals surface area contributed by atoms with E-state index in [4.69, 9.17) is 11.6 Å². The maximum absolute atomic E-state index is 12.2. The SMILES string of the molecule is CC(C)c1cc(C(=O)Nc2cccc(Br)c2)cc(Cl)n1. The molecule has 0 atom stereocenters. The summed E-state index contributed by atoms with van der Waals surface area (Å²) >= 11 is 9.34. The van der Waals surface area contributed by atoms with E-state index in [1.165, 1.54) is 0 Å². The number of carbonyl (C=O) groups excluding carboxylic acids is 1. The molecule has 1 N–H and O–H groups in total. The van der Waals surface area contributed by atoms with Crippen LogP contribution in [0.25, 0.3) is 0 Å². The lowest BCUT2D eigenvalue weighted by atomic mass is 10.1. The fourth-order valence-corrected chi connectivity index (χ4v) is 2.33. The Morgan fingerprint density at radius 2 is 2.05 bits per heavy atom. The second-order valence-electron chi connectivity index (χ2n) is 4.72. The van der Waals surface area contributed by atoms with Crippen LogP contribution in [0.5, 0.6) is 0 Å². The van der Waals surface area contributed by atoms with Crippen molar-refractivity contribution in [3.63, 3.8) is 0 Å². The lowest BCUT2D eigenvalue weighted by molar-refractivity contribution is 0.102. The Bertz CT molecular complexity index is 644. The first-order chi connectivity index (χ1) is 9.45. The van der Waals surface area contributed by atoms with Gasteiger partial charge in [-0.25, -0.2) is 4.98 Å².